The van der Waals surface area contributed by atoms with Crippen molar-refractivity contribution < 1.29 is 22.8 Å². The Morgan fingerprint density at radius 2 is 1.34 bits per heavy atom. The molecule has 0 radical (unpaired) electrons. The van der Waals surface area contributed by atoms with E-state index < -0.39 is 17.8 Å². The van der Waals surface area contributed by atoms with E-state index in [1.807, 2.05) is 18.2 Å². The maximum absolute atomic E-state index is 12.7. The molecule has 1 aliphatic rings. The largest absolute Gasteiger partial charge is 0.416 e. The molecule has 164 valence electrons. The van der Waals surface area contributed by atoms with Crippen LogP contribution in [0.1, 0.15) is 23.5 Å². The number of para-hydroxylation sites is 1. The van der Waals surface area contributed by atoms with Crippen LogP contribution >= 0.6 is 0 Å². The minimum atomic E-state index is -4.38. The molecule has 5 nitrogen and oxygen atoms in total. The molecule has 0 aromatic heterocycles. The lowest BCUT2D eigenvalue weighted by Gasteiger charge is -2.10. The molecule has 3 aromatic rings. The molecule has 32 heavy (non-hydrogen) atoms. The number of urea groups is 1. The van der Waals surface area contributed by atoms with Gasteiger partial charge in [0.15, 0.2) is 0 Å². The van der Waals surface area contributed by atoms with Crippen molar-refractivity contribution >= 4 is 29.0 Å². The molecule has 1 aliphatic carbocycles. The Bertz CT molecular complexity index is 1120. The number of benzene rings is 3. The number of hydrogen-bond donors (Lipinski definition) is 3. The molecule has 1 saturated carbocycles. The number of amides is 3. The van der Waals surface area contributed by atoms with Gasteiger partial charge in [-0.1, -0.05) is 36.4 Å². The lowest BCUT2D eigenvalue weighted by atomic mass is 10.1. The van der Waals surface area contributed by atoms with Gasteiger partial charge < -0.3 is 16.0 Å². The molecule has 1 fully saturated rings. The van der Waals surface area contributed by atoms with Crippen LogP contribution in [0.15, 0.2) is 78.9 Å². The molecule has 3 aromatic carbocycles. The number of alkyl halides is 3. The third-order valence-corrected chi connectivity index (χ3v) is 5.21. The summed E-state index contributed by atoms with van der Waals surface area (Å²) in [7, 11) is 0. The molecule has 0 spiro atoms. The molecule has 0 aliphatic heterocycles. The average Bonchev–Trinajstić information content (AvgIpc) is 3.55. The van der Waals surface area contributed by atoms with Gasteiger partial charge in [-0.15, -0.1) is 0 Å². The average molecular weight is 439 g/mol. The van der Waals surface area contributed by atoms with Crippen molar-refractivity contribution in [3.05, 3.63) is 90.0 Å². The van der Waals surface area contributed by atoms with Crippen LogP contribution in [0.4, 0.5) is 35.0 Å². The molecule has 0 bridgehead atoms. The van der Waals surface area contributed by atoms with E-state index in [9.17, 15) is 22.8 Å². The van der Waals surface area contributed by atoms with Gasteiger partial charge in [-0.05, 0) is 60.4 Å². The number of hydrogen-bond acceptors (Lipinski definition) is 2. The van der Waals surface area contributed by atoms with Crippen molar-refractivity contribution in [2.75, 3.05) is 16.0 Å². The zero-order valence-electron chi connectivity index (χ0n) is 16.8. The summed E-state index contributed by atoms with van der Waals surface area (Å²) in [5, 5.41) is 8.23. The number of anilines is 3. The van der Waals surface area contributed by atoms with Gasteiger partial charge in [0, 0.05) is 23.0 Å². The second-order valence-electron chi connectivity index (χ2n) is 7.58. The maximum Gasteiger partial charge on any atom is 0.416 e. The monoisotopic (exact) mass is 439 g/mol. The molecule has 3 amide bonds. The van der Waals surface area contributed by atoms with Crippen molar-refractivity contribution in [1.29, 1.82) is 0 Å². The van der Waals surface area contributed by atoms with E-state index in [1.165, 1.54) is 12.1 Å². The van der Waals surface area contributed by atoms with Crippen molar-refractivity contribution in [3.8, 4) is 0 Å². The first-order valence-corrected chi connectivity index (χ1v) is 10.0. The van der Waals surface area contributed by atoms with Crippen molar-refractivity contribution in [2.24, 2.45) is 5.92 Å². The lowest BCUT2D eigenvalue weighted by molar-refractivity contribution is -0.137. The van der Waals surface area contributed by atoms with Gasteiger partial charge in [-0.2, -0.15) is 13.2 Å². The molecule has 2 atom stereocenters. The van der Waals surface area contributed by atoms with Crippen LogP contribution < -0.4 is 16.0 Å². The number of nitrogens with one attached hydrogen (secondary N) is 3. The predicted octanol–water partition coefficient (Wildman–Crippen LogP) is 6.09. The number of carbonyl (C=O) groups is 2. The summed E-state index contributed by atoms with van der Waals surface area (Å²) in [4.78, 5) is 24.7. The lowest BCUT2D eigenvalue weighted by Crippen LogP contribution is -2.19. The molecule has 3 N–H and O–H groups in total. The zero-order valence-corrected chi connectivity index (χ0v) is 16.8. The molecule has 4 rings (SSSR count). The van der Waals surface area contributed by atoms with Crippen LogP contribution in [0.5, 0.6) is 0 Å². The third kappa shape index (κ3) is 5.26. The summed E-state index contributed by atoms with van der Waals surface area (Å²) >= 11 is 0. The summed E-state index contributed by atoms with van der Waals surface area (Å²) in [6, 6.07) is 20.2. The van der Waals surface area contributed by atoms with E-state index in [2.05, 4.69) is 16.0 Å². The fourth-order valence-electron chi connectivity index (χ4n) is 3.50. The maximum atomic E-state index is 12.7. The number of carbonyl (C=O) groups excluding carboxylic acids is 2. The Labute approximate surface area is 182 Å². The Balaban J connectivity index is 1.33. The van der Waals surface area contributed by atoms with Gasteiger partial charge in [-0.3, -0.25) is 4.79 Å². The Morgan fingerprint density at radius 1 is 0.750 bits per heavy atom. The fourth-order valence-corrected chi connectivity index (χ4v) is 3.50. The van der Waals surface area contributed by atoms with Crippen LogP contribution in [-0.2, 0) is 11.0 Å². The zero-order chi connectivity index (χ0) is 22.7. The summed E-state index contributed by atoms with van der Waals surface area (Å²) in [5.74, 6) is -0.610. The van der Waals surface area contributed by atoms with Gasteiger partial charge in [0.05, 0.1) is 5.56 Å². The highest BCUT2D eigenvalue weighted by atomic mass is 19.4. The van der Waals surface area contributed by atoms with Gasteiger partial charge in [0.1, 0.15) is 0 Å². The molecule has 0 heterocycles. The highest BCUT2D eigenvalue weighted by molar-refractivity contribution is 6.01. The topological polar surface area (TPSA) is 70.2 Å². The Morgan fingerprint density at radius 3 is 2.00 bits per heavy atom. The fraction of sp³-hybridized carbons (Fsp3) is 0.167. The molecule has 0 saturated heterocycles. The molecule has 2 unspecified atom stereocenters. The van der Waals surface area contributed by atoms with E-state index in [0.29, 0.717) is 29.0 Å². The summed E-state index contributed by atoms with van der Waals surface area (Å²) in [6.07, 6.45) is -3.80. The van der Waals surface area contributed by atoms with Gasteiger partial charge in [0.25, 0.3) is 0 Å². The van der Waals surface area contributed by atoms with Gasteiger partial charge >= 0.3 is 12.2 Å². The first kappa shape index (κ1) is 21.4. The highest BCUT2D eigenvalue weighted by Gasteiger charge is 2.44. The van der Waals surface area contributed by atoms with Crippen molar-refractivity contribution in [3.63, 3.8) is 0 Å². The normalized spacial score (nSPS) is 17.3. The predicted molar refractivity (Wildman–Crippen MR) is 116 cm³/mol. The van der Waals surface area contributed by atoms with Crippen LogP contribution in [-0.4, -0.2) is 11.9 Å². The number of halogens is 3. The SMILES string of the molecule is O=C(Nc1ccccc1)Nc1cccc(NC(=O)C2CC2c2ccc(C(F)(F)F)cc2)c1. The van der Waals surface area contributed by atoms with Crippen molar-refractivity contribution in [1.82, 2.24) is 0 Å². The molecular weight excluding hydrogens is 419 g/mol. The summed E-state index contributed by atoms with van der Waals surface area (Å²) in [6.45, 7) is 0. The van der Waals surface area contributed by atoms with E-state index >= 15 is 0 Å². The Hall–Kier alpha value is -3.81. The van der Waals surface area contributed by atoms with E-state index in [0.717, 1.165) is 12.1 Å². The number of rotatable bonds is 5. The van der Waals surface area contributed by atoms with Gasteiger partial charge in [-0.25, -0.2) is 4.79 Å². The summed E-state index contributed by atoms with van der Waals surface area (Å²) in [5.41, 5.74) is 1.68. The molecule has 8 heteroatoms. The van der Waals surface area contributed by atoms with E-state index in [-0.39, 0.29) is 17.7 Å². The highest BCUT2D eigenvalue weighted by Crippen LogP contribution is 2.48. The first-order chi connectivity index (χ1) is 15.3. The van der Waals surface area contributed by atoms with E-state index in [1.54, 1.807) is 36.4 Å². The summed E-state index contributed by atoms with van der Waals surface area (Å²) < 4.78 is 38.1. The minimum absolute atomic E-state index is 0.102. The van der Waals surface area contributed by atoms with Gasteiger partial charge in [0.2, 0.25) is 5.91 Å². The van der Waals surface area contributed by atoms with Crippen molar-refractivity contribution in [2.45, 2.75) is 18.5 Å². The first-order valence-electron chi connectivity index (χ1n) is 10.0. The smallest absolute Gasteiger partial charge is 0.326 e. The second kappa shape index (κ2) is 8.74. The van der Waals surface area contributed by atoms with Crippen LogP contribution in [0.3, 0.4) is 0 Å². The van der Waals surface area contributed by atoms with E-state index in [4.69, 9.17) is 0 Å². The van der Waals surface area contributed by atoms with Crippen LogP contribution in [0, 0.1) is 5.92 Å². The minimum Gasteiger partial charge on any atom is -0.326 e. The standard InChI is InChI=1S/C24H20F3N3O2/c25-24(26,27)16-11-9-15(10-12-16)20-14-21(20)22(31)28-18-7-4-8-19(13-18)30-23(32)29-17-5-2-1-3-6-17/h1-13,20-21H,14H2,(H,28,31)(H2,29,30,32). The third-order valence-electron chi connectivity index (χ3n) is 5.21. The molecular formula is C24H20F3N3O2. The Kier molecular flexibility index (Phi) is 5.85. The quantitative estimate of drug-likeness (QED) is 0.450. The van der Waals surface area contributed by atoms with Crippen LogP contribution in [0.2, 0.25) is 0 Å². The second-order valence-corrected chi connectivity index (χ2v) is 7.58. The van der Waals surface area contributed by atoms with Crippen LogP contribution in [0.25, 0.3) is 0 Å².